The Morgan fingerprint density at radius 2 is 1.69 bits per heavy atom. The number of nitrogens with one attached hydrogen (secondary N) is 1. The fraction of sp³-hybridized carbons (Fsp3) is 0.300. The van der Waals surface area contributed by atoms with Crippen LogP contribution in [0.1, 0.15) is 19.8 Å². The van der Waals surface area contributed by atoms with Crippen LogP contribution in [0, 0.1) is 5.92 Å². The minimum absolute atomic E-state index is 0.0121. The maximum atomic E-state index is 12.9. The number of nitrogens with zero attached hydrogens (tertiary/aromatic N) is 5. The van der Waals surface area contributed by atoms with Crippen LogP contribution in [0.5, 0.6) is 5.75 Å². The molecule has 0 spiro atoms. The van der Waals surface area contributed by atoms with Crippen LogP contribution in [0.3, 0.4) is 0 Å². The molecule has 0 aliphatic carbocycles. The Morgan fingerprint density at radius 1 is 0.949 bits per heavy atom. The van der Waals surface area contributed by atoms with E-state index in [4.69, 9.17) is 4.74 Å². The van der Waals surface area contributed by atoms with E-state index >= 15 is 0 Å². The van der Waals surface area contributed by atoms with Gasteiger partial charge in [0.25, 0.3) is 5.56 Å². The molecule has 9 nitrogen and oxygen atoms in total. The van der Waals surface area contributed by atoms with Gasteiger partial charge in [-0.2, -0.15) is 5.10 Å². The number of amides is 1. The van der Waals surface area contributed by atoms with Gasteiger partial charge in [0.05, 0.1) is 24.5 Å². The Bertz CT molecular complexity index is 1450. The minimum Gasteiger partial charge on any atom is -0.494 e. The molecular formula is C30H32N6O3. The van der Waals surface area contributed by atoms with Crippen molar-refractivity contribution < 1.29 is 9.53 Å². The number of hydrogen-bond acceptors (Lipinski definition) is 7. The summed E-state index contributed by atoms with van der Waals surface area (Å²) in [5.41, 5.74) is 3.32. The van der Waals surface area contributed by atoms with Crippen LogP contribution in [0.15, 0.2) is 83.9 Å². The smallest absolute Gasteiger partial charge is 0.266 e. The molecule has 39 heavy (non-hydrogen) atoms. The van der Waals surface area contributed by atoms with Crippen molar-refractivity contribution in [1.29, 1.82) is 0 Å². The van der Waals surface area contributed by atoms with Crippen molar-refractivity contribution in [3.63, 3.8) is 0 Å². The van der Waals surface area contributed by atoms with E-state index in [1.807, 2.05) is 67.6 Å². The van der Waals surface area contributed by atoms with Crippen LogP contribution in [0.2, 0.25) is 0 Å². The summed E-state index contributed by atoms with van der Waals surface area (Å²) in [4.78, 5) is 36.3. The molecule has 4 aromatic rings. The predicted molar refractivity (Wildman–Crippen MR) is 151 cm³/mol. The molecule has 3 heterocycles. The zero-order valence-corrected chi connectivity index (χ0v) is 22.0. The first-order valence-electron chi connectivity index (χ1n) is 13.3. The summed E-state index contributed by atoms with van der Waals surface area (Å²) in [6.45, 7) is 4.67. The number of aromatic nitrogens is 4. The average Bonchev–Trinajstić information content (AvgIpc) is 2.99. The summed E-state index contributed by atoms with van der Waals surface area (Å²) in [6, 6.07) is 22.8. The van der Waals surface area contributed by atoms with E-state index in [-0.39, 0.29) is 17.4 Å². The molecule has 9 heteroatoms. The van der Waals surface area contributed by atoms with Crippen LogP contribution in [0.25, 0.3) is 22.5 Å². The highest BCUT2D eigenvalue weighted by Crippen LogP contribution is 2.25. The molecule has 1 aliphatic rings. The Labute approximate surface area is 227 Å². The first-order chi connectivity index (χ1) is 19.1. The summed E-state index contributed by atoms with van der Waals surface area (Å²) in [6.07, 6.45) is 3.07. The van der Waals surface area contributed by atoms with Crippen molar-refractivity contribution >= 4 is 11.7 Å². The van der Waals surface area contributed by atoms with Gasteiger partial charge in [-0.25, -0.2) is 14.6 Å². The summed E-state index contributed by atoms with van der Waals surface area (Å²) in [7, 11) is 0. The molecule has 1 N–H and O–H groups in total. The normalized spacial score (nSPS) is 13.7. The lowest BCUT2D eigenvalue weighted by Gasteiger charge is -2.32. The maximum absolute atomic E-state index is 12.9. The fourth-order valence-electron chi connectivity index (χ4n) is 4.74. The van der Waals surface area contributed by atoms with E-state index in [1.54, 1.807) is 12.4 Å². The maximum Gasteiger partial charge on any atom is 0.266 e. The third-order valence-electron chi connectivity index (χ3n) is 6.86. The SMILES string of the molecule is CCOc1ccc(-c2ccc(=O)n(CCNC(=O)C3CCN(c4cc(-c5ccccc5)ncn4)CC3)n2)cc1. The van der Waals surface area contributed by atoms with Crippen LogP contribution >= 0.6 is 0 Å². The number of anilines is 1. The molecule has 5 rings (SSSR count). The molecule has 1 fully saturated rings. The van der Waals surface area contributed by atoms with Gasteiger partial charge in [-0.15, -0.1) is 0 Å². The zero-order valence-electron chi connectivity index (χ0n) is 22.0. The second-order valence-electron chi connectivity index (χ2n) is 9.42. The van der Waals surface area contributed by atoms with Gasteiger partial charge in [0.1, 0.15) is 17.9 Å². The molecule has 1 saturated heterocycles. The molecule has 1 aliphatic heterocycles. The molecule has 0 radical (unpaired) electrons. The van der Waals surface area contributed by atoms with Crippen molar-refractivity contribution in [3.8, 4) is 28.3 Å². The highest BCUT2D eigenvalue weighted by molar-refractivity contribution is 5.79. The first-order valence-corrected chi connectivity index (χ1v) is 13.3. The largest absolute Gasteiger partial charge is 0.494 e. The fourth-order valence-corrected chi connectivity index (χ4v) is 4.74. The lowest BCUT2D eigenvalue weighted by atomic mass is 9.96. The predicted octanol–water partition coefficient (Wildman–Crippen LogP) is 3.80. The van der Waals surface area contributed by atoms with Gasteiger partial charge in [-0.05, 0) is 50.1 Å². The molecule has 0 unspecified atom stereocenters. The number of carbonyl (C=O) groups excluding carboxylic acids is 1. The quantitative estimate of drug-likeness (QED) is 0.355. The summed E-state index contributed by atoms with van der Waals surface area (Å²) in [5.74, 6) is 1.60. The van der Waals surface area contributed by atoms with Crippen LogP contribution in [-0.4, -0.2) is 51.9 Å². The van der Waals surface area contributed by atoms with Gasteiger partial charge in [-0.1, -0.05) is 30.3 Å². The molecule has 200 valence electrons. The molecule has 1 amide bonds. The summed E-state index contributed by atoms with van der Waals surface area (Å²) >= 11 is 0. The lowest BCUT2D eigenvalue weighted by Crippen LogP contribution is -2.42. The molecule has 2 aromatic heterocycles. The number of benzene rings is 2. The Kier molecular flexibility index (Phi) is 8.26. The van der Waals surface area contributed by atoms with Crippen LogP contribution < -0.4 is 20.5 Å². The van der Waals surface area contributed by atoms with Crippen molar-refractivity contribution in [2.24, 2.45) is 5.92 Å². The number of rotatable bonds is 9. The summed E-state index contributed by atoms with van der Waals surface area (Å²) in [5, 5.41) is 7.49. The zero-order chi connectivity index (χ0) is 27.0. The van der Waals surface area contributed by atoms with Gasteiger partial charge >= 0.3 is 0 Å². The van der Waals surface area contributed by atoms with E-state index in [0.717, 1.165) is 54.3 Å². The summed E-state index contributed by atoms with van der Waals surface area (Å²) < 4.78 is 6.89. The topological polar surface area (TPSA) is 102 Å². The van der Waals surface area contributed by atoms with Crippen molar-refractivity contribution in [3.05, 3.63) is 89.5 Å². The van der Waals surface area contributed by atoms with Crippen LogP contribution in [-0.2, 0) is 11.3 Å². The number of hydrogen-bond donors (Lipinski definition) is 1. The van der Waals surface area contributed by atoms with Crippen molar-refractivity contribution in [2.45, 2.75) is 26.3 Å². The Balaban J connectivity index is 1.13. The number of carbonyl (C=O) groups is 1. The van der Waals surface area contributed by atoms with E-state index < -0.39 is 0 Å². The van der Waals surface area contributed by atoms with Gasteiger partial charge < -0.3 is 15.0 Å². The van der Waals surface area contributed by atoms with Gasteiger partial charge in [0.15, 0.2) is 0 Å². The Morgan fingerprint density at radius 3 is 2.44 bits per heavy atom. The molecule has 0 bridgehead atoms. The average molecular weight is 525 g/mol. The lowest BCUT2D eigenvalue weighted by molar-refractivity contribution is -0.125. The monoisotopic (exact) mass is 524 g/mol. The highest BCUT2D eigenvalue weighted by Gasteiger charge is 2.25. The van der Waals surface area contributed by atoms with Crippen molar-refractivity contribution in [2.75, 3.05) is 31.1 Å². The third-order valence-corrected chi connectivity index (χ3v) is 6.86. The second-order valence-corrected chi connectivity index (χ2v) is 9.42. The molecule has 2 aromatic carbocycles. The van der Waals surface area contributed by atoms with E-state index in [2.05, 4.69) is 25.3 Å². The van der Waals surface area contributed by atoms with Crippen LogP contribution in [0.4, 0.5) is 5.82 Å². The molecular weight excluding hydrogens is 492 g/mol. The molecule has 0 atom stereocenters. The number of piperidine rings is 1. The standard InChI is InChI=1S/C30H32N6O3/c1-2-39-25-10-8-23(9-11-25)26-12-13-29(37)36(34-26)19-16-31-30(38)24-14-17-35(18-15-24)28-20-27(32-21-33-28)22-6-4-3-5-7-22/h3-13,20-21,24H,2,14-19H2,1H3,(H,31,38). The second kappa shape index (κ2) is 12.3. The molecule has 0 saturated carbocycles. The Hall–Kier alpha value is -4.53. The van der Waals surface area contributed by atoms with Gasteiger partial charge in [0.2, 0.25) is 5.91 Å². The number of ether oxygens (including phenoxy) is 1. The van der Waals surface area contributed by atoms with E-state index in [0.29, 0.717) is 25.4 Å². The van der Waals surface area contributed by atoms with Crippen molar-refractivity contribution in [1.82, 2.24) is 25.1 Å². The first kappa shape index (κ1) is 26.1. The highest BCUT2D eigenvalue weighted by atomic mass is 16.5. The van der Waals surface area contributed by atoms with E-state index in [1.165, 1.54) is 10.7 Å². The van der Waals surface area contributed by atoms with Gasteiger partial charge in [-0.3, -0.25) is 9.59 Å². The van der Waals surface area contributed by atoms with E-state index in [9.17, 15) is 9.59 Å². The third kappa shape index (κ3) is 6.49. The van der Waals surface area contributed by atoms with Gasteiger partial charge in [0, 0.05) is 48.8 Å². The minimum atomic E-state index is -0.202.